The number of hydrogen-bond donors (Lipinski definition) is 5. The van der Waals surface area contributed by atoms with Gasteiger partial charge in [-0.25, -0.2) is 9.78 Å². The molecule has 0 aromatic heterocycles. The third-order valence-corrected chi connectivity index (χ3v) is 4.57. The van der Waals surface area contributed by atoms with Crippen molar-refractivity contribution >= 4 is 11.0 Å². The van der Waals surface area contributed by atoms with Crippen LogP contribution in [0.4, 0.5) is 0 Å². The Balaban J connectivity index is 2.28. The van der Waals surface area contributed by atoms with Crippen LogP contribution in [0.1, 0.15) is 11.1 Å². The van der Waals surface area contributed by atoms with Crippen molar-refractivity contribution in [1.29, 1.82) is 0 Å². The van der Waals surface area contributed by atoms with Gasteiger partial charge in [0, 0.05) is 0 Å². The van der Waals surface area contributed by atoms with E-state index in [1.165, 1.54) is 4.57 Å². The SMILES string of the molecule is Cc1cc2n[13c]3[13c](=O)[15nH][13c](=O)[15n][13c]-3n(C[C@H](O)[C@H](O)[C@H](O)CO)c2cc1C. The molecule has 0 saturated carbocycles. The van der Waals surface area contributed by atoms with E-state index in [1.807, 2.05) is 13.8 Å². The highest BCUT2D eigenvalue weighted by Gasteiger charge is 2.27. The molecule has 1 aromatic carbocycles. The lowest BCUT2D eigenvalue weighted by atomic mass is 10.1. The maximum atomic E-state index is 12.2. The summed E-state index contributed by atoms with van der Waals surface area (Å²) in [5.41, 5.74) is 1.11. The minimum atomic E-state index is -1.64. The van der Waals surface area contributed by atoms with Gasteiger partial charge < -0.3 is 25.0 Å². The van der Waals surface area contributed by atoms with E-state index in [0.29, 0.717) is 11.0 Å². The van der Waals surface area contributed by atoms with Crippen LogP contribution in [0.5, 0.6) is 0 Å². The molecule has 0 spiro atoms. The van der Waals surface area contributed by atoms with Crippen molar-refractivity contribution in [3.05, 3.63) is 44.1 Å². The van der Waals surface area contributed by atoms with Gasteiger partial charge in [0.05, 0.1) is 24.2 Å². The molecule has 5 N–H and O–H groups in total. The normalized spacial score (nSPS) is 15.2. The molecule has 3 atom stereocenters. The number of aryl methyl sites for hydroxylation is 2. The van der Waals surface area contributed by atoms with E-state index in [1.54, 1.807) is 12.1 Å². The third kappa shape index (κ3) is 3.47. The molecule has 1 aromatic rings. The largest absolute Gasteiger partial charge is 0.394 e. The van der Waals surface area contributed by atoms with Crippen molar-refractivity contribution in [2.24, 2.45) is 0 Å². The highest BCUT2D eigenvalue weighted by Crippen LogP contribution is 2.24. The number of aliphatic hydroxyl groups excluding tert-OH is 4. The number of aliphatic hydroxyl groups is 4. The summed E-state index contributed by atoms with van der Waals surface area (Å²) < 4.78 is 1.40. The molecule has 0 fully saturated rings. The number of benzene rings is 1. The van der Waals surface area contributed by atoms with Crippen molar-refractivity contribution in [2.75, 3.05) is 6.61 Å². The van der Waals surface area contributed by atoms with Crippen LogP contribution in [0.25, 0.3) is 22.6 Å². The first-order valence-electron chi connectivity index (χ1n) is 8.29. The van der Waals surface area contributed by atoms with Gasteiger partial charge in [-0.3, -0.25) is 9.78 Å². The summed E-state index contributed by atoms with van der Waals surface area (Å²) in [6.07, 6.45) is -4.68. The molecular weight excluding hydrogens is 362 g/mol. The molecule has 144 valence electrons. The second kappa shape index (κ2) is 7.16. The summed E-state index contributed by atoms with van der Waals surface area (Å²) in [4.78, 5) is 34.0. The first-order valence-corrected chi connectivity index (χ1v) is 8.29. The number of aromatic nitrogens is 4. The van der Waals surface area contributed by atoms with Crippen molar-refractivity contribution in [3.63, 3.8) is 0 Å². The van der Waals surface area contributed by atoms with Crippen LogP contribution >= 0.6 is 0 Å². The van der Waals surface area contributed by atoms with Gasteiger partial charge in [0.15, 0.2) is 11.5 Å². The molecule has 27 heavy (non-hydrogen) atoms. The van der Waals surface area contributed by atoms with E-state index in [-0.39, 0.29) is 18.1 Å². The lowest BCUT2D eigenvalue weighted by molar-refractivity contribution is -0.0802. The van der Waals surface area contributed by atoms with Crippen LogP contribution < -0.4 is 11.2 Å². The Bertz CT molecular complexity index is 1080. The second-order valence-electron chi connectivity index (χ2n) is 6.50. The number of aromatic amines is 1. The summed E-state index contributed by atoms with van der Waals surface area (Å²) >= 11 is 0. The molecule has 2 aliphatic rings. The minimum absolute atomic E-state index is 0.0516. The first kappa shape index (κ1) is 19.1. The number of nitrogens with one attached hydrogen (secondary N) is 1. The molecule has 0 amide bonds. The summed E-state index contributed by atoms with van der Waals surface area (Å²) in [6, 6.07) is 3.53. The van der Waals surface area contributed by atoms with Crippen molar-refractivity contribution in [2.45, 2.75) is 38.7 Å². The standard InChI is InChI=1S/C17H20N4O6/c1-7-3-9-10(4-8(7)2)21(5-11(23)14(25)12(24)6-22)15-13(18-9)16(26)20-17(27)19-15/h3-4,11-12,14,22-25H,5-6H2,1-2H3,(H,20,26,27)/t11-,12+,14-/m0/s1/i13+1,15+1,16+1,17+1,19+1,20+1. The van der Waals surface area contributed by atoms with Crippen LogP contribution in [-0.2, 0) is 6.54 Å². The second-order valence-corrected chi connectivity index (χ2v) is 6.50. The van der Waals surface area contributed by atoms with Crippen molar-refractivity contribution in [1.82, 2.24) is 19.5 Å². The van der Waals surface area contributed by atoms with Gasteiger partial charge in [-0.1, -0.05) is 0 Å². The molecule has 0 bridgehead atoms. The monoisotopic (exact) mass is 382 g/mol. The van der Waals surface area contributed by atoms with Crippen LogP contribution in [0, 0.1) is 13.8 Å². The molecule has 10 heteroatoms. The van der Waals surface area contributed by atoms with Gasteiger partial charge in [0.2, 0.25) is 0 Å². The number of H-pyrrole nitrogens is 1. The number of fused-ring (bicyclic) bond motifs is 2. The fraction of sp³-hybridized carbons (Fsp3) is 0.412. The molecular formula is C17H20N4O6. The molecule has 10 nitrogen and oxygen atoms in total. The molecule has 0 radical (unpaired) electrons. The van der Waals surface area contributed by atoms with Gasteiger partial charge >= 0.3 is 5.69 Å². The third-order valence-electron chi connectivity index (χ3n) is 4.57. The van der Waals surface area contributed by atoms with E-state index in [2.05, 4.69) is 15.0 Å². The zero-order valence-electron chi connectivity index (χ0n) is 14.7. The lowest BCUT2D eigenvalue weighted by Crippen LogP contribution is -2.42. The first-order chi connectivity index (χ1) is 12.7. The molecule has 0 unspecified atom stereocenters. The fourth-order valence-electron chi connectivity index (χ4n) is 2.89. The summed E-state index contributed by atoms with van der Waals surface area (Å²) in [6.45, 7) is 2.73. The van der Waals surface area contributed by atoms with Crippen LogP contribution in [0.15, 0.2) is 21.7 Å². The topological polar surface area (TPSA) is 162 Å². The van der Waals surface area contributed by atoms with Gasteiger partial charge in [-0.15, -0.1) is 0 Å². The van der Waals surface area contributed by atoms with E-state index >= 15 is 0 Å². The van der Waals surface area contributed by atoms with Crippen molar-refractivity contribution < 1.29 is 20.4 Å². The zero-order valence-corrected chi connectivity index (χ0v) is 14.7. The molecule has 3 rings (SSSR count). The van der Waals surface area contributed by atoms with Gasteiger partial charge in [0.1, 0.15) is 18.3 Å². The van der Waals surface area contributed by atoms with Crippen molar-refractivity contribution in [3.8, 4) is 11.5 Å². The average molecular weight is 382 g/mol. The zero-order chi connectivity index (χ0) is 19.9. The smallest absolute Gasteiger partial charge is 0.349 e. The predicted molar refractivity (Wildman–Crippen MR) is 95.6 cm³/mol. The van der Waals surface area contributed by atoms with E-state index in [0.717, 1.165) is 11.1 Å². The molecule has 0 saturated heterocycles. The Morgan fingerprint density at radius 1 is 1.07 bits per heavy atom. The van der Waals surface area contributed by atoms with Gasteiger partial charge in [-0.2, -0.15) is 4.98 Å². The quantitative estimate of drug-likeness (QED) is 0.325. The summed E-state index contributed by atoms with van der Waals surface area (Å²) in [5, 5.41) is 38.8. The van der Waals surface area contributed by atoms with E-state index in [9.17, 15) is 24.9 Å². The Hall–Kier alpha value is -2.66. The Morgan fingerprint density at radius 2 is 1.74 bits per heavy atom. The minimum Gasteiger partial charge on any atom is -0.394 e. The van der Waals surface area contributed by atoms with E-state index < -0.39 is 36.2 Å². The Kier molecular flexibility index (Phi) is 5.07. The van der Waals surface area contributed by atoms with Crippen LogP contribution in [-0.4, -0.2) is 64.9 Å². The van der Waals surface area contributed by atoms with Crippen LogP contribution in [0.2, 0.25) is 0 Å². The molecule has 2 aliphatic heterocycles. The molecule has 2 heterocycles. The van der Waals surface area contributed by atoms with Gasteiger partial charge in [-0.05, 0) is 37.1 Å². The number of hydrogen-bond acceptors (Lipinski definition) is 8. The number of nitrogens with zero attached hydrogens (tertiary/aromatic N) is 3. The Labute approximate surface area is 152 Å². The van der Waals surface area contributed by atoms with E-state index in [4.69, 9.17) is 5.11 Å². The maximum Gasteiger partial charge on any atom is 0.349 e. The average Bonchev–Trinajstić information content (AvgIpc) is 2.62. The maximum absolute atomic E-state index is 12.2. The van der Waals surface area contributed by atoms with Crippen LogP contribution in [0.3, 0.4) is 0 Å². The number of rotatable bonds is 5. The Morgan fingerprint density at radius 3 is 2.41 bits per heavy atom. The van der Waals surface area contributed by atoms with Gasteiger partial charge in [0.25, 0.3) is 5.56 Å². The summed E-state index contributed by atoms with van der Waals surface area (Å²) in [5.74, 6) is -0.0516. The summed E-state index contributed by atoms with van der Waals surface area (Å²) in [7, 11) is 0. The lowest BCUT2D eigenvalue weighted by Gasteiger charge is -2.25. The molecule has 0 aliphatic carbocycles. The fourth-order valence-corrected chi connectivity index (χ4v) is 2.89. The predicted octanol–water partition coefficient (Wildman–Crippen LogP) is -1.72. The highest BCUT2D eigenvalue weighted by molar-refractivity contribution is 5.81. The highest BCUT2D eigenvalue weighted by atomic mass is 16.4.